The van der Waals surface area contributed by atoms with E-state index >= 15 is 0 Å². The lowest BCUT2D eigenvalue weighted by Gasteiger charge is -2.20. The summed E-state index contributed by atoms with van der Waals surface area (Å²) in [6.45, 7) is 0.0317. The van der Waals surface area contributed by atoms with Gasteiger partial charge in [-0.15, -0.1) is 0 Å². The lowest BCUT2D eigenvalue weighted by atomic mass is 10.2. The van der Waals surface area contributed by atoms with Gasteiger partial charge in [-0.25, -0.2) is 13.2 Å². The minimum Gasteiger partial charge on any atom is -0.463 e. The number of nitrogens with zero attached hydrogens (tertiary/aromatic N) is 2. The second kappa shape index (κ2) is 6.70. The van der Waals surface area contributed by atoms with Crippen LogP contribution in [0.3, 0.4) is 0 Å². The number of sulfonamides is 1. The van der Waals surface area contributed by atoms with Crippen LogP contribution in [-0.2, 0) is 21.3 Å². The molecule has 0 N–H and O–H groups in total. The Kier molecular flexibility index (Phi) is 4.61. The van der Waals surface area contributed by atoms with Crippen molar-refractivity contribution < 1.29 is 22.4 Å². The van der Waals surface area contributed by atoms with Crippen molar-refractivity contribution in [2.45, 2.75) is 30.3 Å². The summed E-state index contributed by atoms with van der Waals surface area (Å²) in [7, 11) is -2.48. The van der Waals surface area contributed by atoms with E-state index in [-0.39, 0.29) is 23.2 Å². The van der Waals surface area contributed by atoms with Gasteiger partial charge in [0.25, 0.3) is 0 Å². The first-order chi connectivity index (χ1) is 12.0. The molecule has 0 aliphatic heterocycles. The van der Waals surface area contributed by atoms with Gasteiger partial charge in [-0.05, 0) is 49.2 Å². The van der Waals surface area contributed by atoms with E-state index in [9.17, 15) is 13.2 Å². The van der Waals surface area contributed by atoms with Crippen molar-refractivity contribution in [3.05, 3.63) is 53.5 Å². The van der Waals surface area contributed by atoms with Crippen LogP contribution in [0.1, 0.15) is 34.7 Å². The number of carbonyl (C=O) groups excluding carboxylic acids is 1. The number of carbonyl (C=O) groups is 1. The molecule has 0 unspecified atom stereocenters. The molecule has 1 saturated carbocycles. The largest absolute Gasteiger partial charge is 0.463 e. The van der Waals surface area contributed by atoms with E-state index in [1.807, 2.05) is 6.07 Å². The number of hydrogen-bond donors (Lipinski definition) is 0. The first-order valence-corrected chi connectivity index (χ1v) is 9.08. The Morgan fingerprint density at radius 2 is 1.96 bits per heavy atom. The highest BCUT2D eigenvalue weighted by atomic mass is 32.2. The summed E-state index contributed by atoms with van der Waals surface area (Å²) >= 11 is 0. The third kappa shape index (κ3) is 3.57. The molecule has 1 aromatic heterocycles. The topological polar surface area (TPSA) is 101 Å². The zero-order valence-corrected chi connectivity index (χ0v) is 14.3. The molecule has 2 aromatic rings. The molecule has 130 valence electrons. The standard InChI is InChI=1S/C17H16N2O5S/c1-23-17(20)16-9-6-14(24-16)11-19(13-4-5-13)25(21,22)15-7-2-12(10-18)3-8-15/h2-3,6-9,13H,4-5,11H2,1H3. The maximum Gasteiger partial charge on any atom is 0.373 e. The fourth-order valence-electron chi connectivity index (χ4n) is 2.44. The monoisotopic (exact) mass is 360 g/mol. The number of furan rings is 1. The highest BCUT2D eigenvalue weighted by Gasteiger charge is 2.38. The average Bonchev–Trinajstić information content (AvgIpc) is 3.36. The van der Waals surface area contributed by atoms with E-state index in [2.05, 4.69) is 4.74 Å². The van der Waals surface area contributed by atoms with Gasteiger partial charge in [-0.2, -0.15) is 9.57 Å². The first kappa shape index (κ1) is 17.2. The maximum absolute atomic E-state index is 12.9. The summed E-state index contributed by atoms with van der Waals surface area (Å²) in [6.07, 6.45) is 1.56. The van der Waals surface area contributed by atoms with Gasteiger partial charge < -0.3 is 9.15 Å². The van der Waals surface area contributed by atoms with Gasteiger partial charge in [0.15, 0.2) is 0 Å². The second-order valence-electron chi connectivity index (χ2n) is 5.68. The molecule has 3 rings (SSSR count). The third-order valence-corrected chi connectivity index (χ3v) is 5.82. The molecule has 0 radical (unpaired) electrons. The minimum absolute atomic E-state index is 0.0315. The molecule has 7 nitrogen and oxygen atoms in total. The molecule has 1 aliphatic rings. The number of benzene rings is 1. The molecule has 8 heteroatoms. The first-order valence-electron chi connectivity index (χ1n) is 7.64. The molecule has 1 heterocycles. The van der Waals surface area contributed by atoms with Crippen molar-refractivity contribution in [1.82, 2.24) is 4.31 Å². The number of esters is 1. The van der Waals surface area contributed by atoms with Crippen molar-refractivity contribution in [3.8, 4) is 6.07 Å². The maximum atomic E-state index is 12.9. The Morgan fingerprint density at radius 3 is 2.52 bits per heavy atom. The highest BCUT2D eigenvalue weighted by molar-refractivity contribution is 7.89. The quantitative estimate of drug-likeness (QED) is 0.733. The number of rotatable bonds is 6. The predicted molar refractivity (Wildman–Crippen MR) is 87.0 cm³/mol. The van der Waals surface area contributed by atoms with Gasteiger partial charge in [0.1, 0.15) is 5.76 Å². The summed E-state index contributed by atoms with van der Waals surface area (Å²) in [5.74, 6) is -0.215. The van der Waals surface area contributed by atoms with Crippen LogP contribution < -0.4 is 0 Å². The minimum atomic E-state index is -3.73. The van der Waals surface area contributed by atoms with E-state index < -0.39 is 16.0 Å². The summed E-state index contributed by atoms with van der Waals surface area (Å²) in [5, 5.41) is 8.84. The van der Waals surface area contributed by atoms with E-state index in [4.69, 9.17) is 9.68 Å². The van der Waals surface area contributed by atoms with E-state index in [1.54, 1.807) is 6.07 Å². The fourth-order valence-corrected chi connectivity index (χ4v) is 4.09. The molecule has 0 bridgehead atoms. The van der Waals surface area contributed by atoms with Gasteiger partial charge in [-0.1, -0.05) is 0 Å². The molecule has 25 heavy (non-hydrogen) atoms. The van der Waals surface area contributed by atoms with E-state index in [1.165, 1.54) is 41.7 Å². The van der Waals surface area contributed by atoms with Crippen LogP contribution in [-0.4, -0.2) is 31.8 Å². The average molecular weight is 360 g/mol. The smallest absolute Gasteiger partial charge is 0.373 e. The summed E-state index contributed by atoms with van der Waals surface area (Å²) < 4.78 is 37.2. The number of ether oxygens (including phenoxy) is 1. The van der Waals surface area contributed by atoms with E-state index in [0.29, 0.717) is 11.3 Å². The van der Waals surface area contributed by atoms with Crippen LogP contribution in [0.15, 0.2) is 45.7 Å². The Labute approximate surface area is 145 Å². The molecule has 1 fully saturated rings. The van der Waals surface area contributed by atoms with Crippen molar-refractivity contribution in [2.24, 2.45) is 0 Å². The summed E-state index contributed by atoms with van der Waals surface area (Å²) in [4.78, 5) is 11.6. The predicted octanol–water partition coefficient (Wildman–Crippen LogP) is 2.29. The zero-order chi connectivity index (χ0) is 18.0. The Morgan fingerprint density at radius 1 is 1.28 bits per heavy atom. The molecule has 1 aliphatic carbocycles. The van der Waals surface area contributed by atoms with Crippen molar-refractivity contribution in [3.63, 3.8) is 0 Å². The van der Waals surface area contributed by atoms with Crippen LogP contribution in [0.2, 0.25) is 0 Å². The molecular weight excluding hydrogens is 344 g/mol. The third-order valence-electron chi connectivity index (χ3n) is 3.90. The van der Waals surface area contributed by atoms with Gasteiger partial charge in [-0.3, -0.25) is 0 Å². The Hall–Kier alpha value is -2.63. The van der Waals surface area contributed by atoms with E-state index in [0.717, 1.165) is 12.8 Å². The molecule has 0 atom stereocenters. The van der Waals surface area contributed by atoms with Gasteiger partial charge in [0.05, 0.1) is 30.2 Å². The number of nitriles is 1. The van der Waals surface area contributed by atoms with Crippen LogP contribution in [0, 0.1) is 11.3 Å². The lowest BCUT2D eigenvalue weighted by molar-refractivity contribution is 0.0562. The van der Waals surface area contributed by atoms with Gasteiger partial charge in [0.2, 0.25) is 15.8 Å². The molecule has 1 aromatic carbocycles. The highest BCUT2D eigenvalue weighted by Crippen LogP contribution is 2.33. The summed E-state index contributed by atoms with van der Waals surface area (Å²) in [6, 6.07) is 10.7. The molecule has 0 amide bonds. The van der Waals surface area contributed by atoms with Crippen LogP contribution in [0.25, 0.3) is 0 Å². The Balaban J connectivity index is 1.86. The zero-order valence-electron chi connectivity index (χ0n) is 13.5. The number of methoxy groups -OCH3 is 1. The van der Waals surface area contributed by atoms with Gasteiger partial charge in [0, 0.05) is 6.04 Å². The van der Waals surface area contributed by atoms with Gasteiger partial charge >= 0.3 is 5.97 Å². The molecule has 0 spiro atoms. The normalized spacial score (nSPS) is 14.3. The van der Waals surface area contributed by atoms with Crippen LogP contribution in [0.4, 0.5) is 0 Å². The Bertz CT molecular complexity index is 921. The van der Waals surface area contributed by atoms with Crippen molar-refractivity contribution in [1.29, 1.82) is 5.26 Å². The SMILES string of the molecule is COC(=O)c1ccc(CN(C2CC2)S(=O)(=O)c2ccc(C#N)cc2)o1. The fraction of sp³-hybridized carbons (Fsp3) is 0.294. The second-order valence-corrected chi connectivity index (χ2v) is 7.57. The number of hydrogen-bond acceptors (Lipinski definition) is 6. The molecular formula is C17H16N2O5S. The molecule has 0 saturated heterocycles. The van der Waals surface area contributed by atoms with Crippen molar-refractivity contribution in [2.75, 3.05) is 7.11 Å². The summed E-state index contributed by atoms with van der Waals surface area (Å²) in [5.41, 5.74) is 0.394. The van der Waals surface area contributed by atoms with Crippen LogP contribution >= 0.6 is 0 Å². The van der Waals surface area contributed by atoms with Crippen LogP contribution in [0.5, 0.6) is 0 Å². The van der Waals surface area contributed by atoms with Crippen molar-refractivity contribution >= 4 is 16.0 Å². The lowest BCUT2D eigenvalue weighted by Crippen LogP contribution is -2.32.